The SMILES string of the molecule is COc1ccc(C=N[C@H]2[C@H](OC(C)=O)O[C@H](CO)[C@@H](OC(C)=O)[C@@H]2OC(C)=O)cc1. The number of aliphatic imine (C=N–C) groups is 1. The van der Waals surface area contributed by atoms with Crippen LogP contribution in [0.15, 0.2) is 29.3 Å². The number of aliphatic hydroxyl groups is 1. The van der Waals surface area contributed by atoms with Crippen molar-refractivity contribution in [3.05, 3.63) is 29.8 Å². The molecule has 1 aromatic rings. The summed E-state index contributed by atoms with van der Waals surface area (Å²) in [6.45, 7) is 2.97. The second-order valence-corrected chi connectivity index (χ2v) is 6.52. The number of carbonyl (C=O) groups is 3. The third-order valence-corrected chi connectivity index (χ3v) is 4.19. The zero-order valence-electron chi connectivity index (χ0n) is 17.1. The van der Waals surface area contributed by atoms with Crippen molar-refractivity contribution < 1.29 is 43.2 Å². The van der Waals surface area contributed by atoms with E-state index in [9.17, 15) is 19.5 Å². The Balaban J connectivity index is 2.41. The maximum absolute atomic E-state index is 11.7. The molecule has 0 aliphatic carbocycles. The van der Waals surface area contributed by atoms with Crippen LogP contribution in [-0.4, -0.2) is 73.6 Å². The second-order valence-electron chi connectivity index (χ2n) is 6.52. The lowest BCUT2D eigenvalue weighted by Crippen LogP contribution is -2.61. The number of carbonyl (C=O) groups excluding carboxylic acids is 3. The number of aliphatic hydroxyl groups excluding tert-OH is 1. The predicted molar refractivity (Wildman–Crippen MR) is 103 cm³/mol. The molecule has 5 atom stereocenters. The number of rotatable bonds is 7. The average Bonchev–Trinajstić information content (AvgIpc) is 2.68. The van der Waals surface area contributed by atoms with Crippen molar-refractivity contribution in [2.45, 2.75) is 51.4 Å². The van der Waals surface area contributed by atoms with Gasteiger partial charge in [0.15, 0.2) is 18.2 Å². The minimum absolute atomic E-state index is 0.567. The van der Waals surface area contributed by atoms with Crippen molar-refractivity contribution in [2.24, 2.45) is 4.99 Å². The second kappa shape index (κ2) is 10.7. The number of benzene rings is 1. The molecule has 0 bridgehead atoms. The van der Waals surface area contributed by atoms with Crippen LogP contribution in [0.25, 0.3) is 0 Å². The molecule has 1 aromatic carbocycles. The molecule has 2 rings (SSSR count). The molecule has 0 saturated carbocycles. The summed E-state index contributed by atoms with van der Waals surface area (Å²) in [5, 5.41) is 9.67. The lowest BCUT2D eigenvalue weighted by molar-refractivity contribution is -0.265. The molecule has 1 heterocycles. The van der Waals surface area contributed by atoms with Crippen LogP contribution in [0.3, 0.4) is 0 Å². The van der Waals surface area contributed by atoms with E-state index in [4.69, 9.17) is 23.7 Å². The van der Waals surface area contributed by atoms with E-state index in [0.717, 1.165) is 0 Å². The highest BCUT2D eigenvalue weighted by Crippen LogP contribution is 2.29. The summed E-state index contributed by atoms with van der Waals surface area (Å²) in [6, 6.07) is 5.90. The first kappa shape index (κ1) is 23.3. The van der Waals surface area contributed by atoms with E-state index < -0.39 is 55.2 Å². The summed E-state index contributed by atoms with van der Waals surface area (Å²) in [5.41, 5.74) is 0.687. The Morgan fingerprint density at radius 2 is 1.57 bits per heavy atom. The maximum Gasteiger partial charge on any atom is 0.305 e. The van der Waals surface area contributed by atoms with Gasteiger partial charge in [-0.2, -0.15) is 0 Å². The van der Waals surface area contributed by atoms with E-state index in [1.165, 1.54) is 27.0 Å². The third kappa shape index (κ3) is 6.26. The van der Waals surface area contributed by atoms with E-state index in [-0.39, 0.29) is 0 Å². The molecule has 0 spiro atoms. The molecule has 1 fully saturated rings. The monoisotopic (exact) mass is 423 g/mol. The minimum Gasteiger partial charge on any atom is -0.497 e. The number of hydrogen-bond donors (Lipinski definition) is 1. The molecule has 0 amide bonds. The Morgan fingerprint density at radius 3 is 2.07 bits per heavy atom. The fraction of sp³-hybridized carbons (Fsp3) is 0.500. The summed E-state index contributed by atoms with van der Waals surface area (Å²) in [5.74, 6) is -1.33. The molecular formula is C20H25NO9. The molecule has 10 heteroatoms. The van der Waals surface area contributed by atoms with Crippen LogP contribution < -0.4 is 4.74 Å². The molecule has 1 aliphatic rings. The summed E-state index contributed by atoms with van der Waals surface area (Å²) in [6.07, 6.45) is -3.19. The van der Waals surface area contributed by atoms with Gasteiger partial charge in [0, 0.05) is 27.0 Å². The van der Waals surface area contributed by atoms with Crippen molar-refractivity contribution in [3.8, 4) is 5.75 Å². The third-order valence-electron chi connectivity index (χ3n) is 4.19. The zero-order valence-corrected chi connectivity index (χ0v) is 17.1. The first-order valence-electron chi connectivity index (χ1n) is 9.20. The van der Waals surface area contributed by atoms with Gasteiger partial charge in [0.1, 0.15) is 11.9 Å². The Morgan fingerprint density at radius 1 is 1.00 bits per heavy atom. The molecule has 0 aromatic heterocycles. The highest BCUT2D eigenvalue weighted by Gasteiger charge is 2.51. The highest BCUT2D eigenvalue weighted by atomic mass is 16.7. The van der Waals surface area contributed by atoms with Gasteiger partial charge in [-0.25, -0.2) is 0 Å². The van der Waals surface area contributed by atoms with Crippen molar-refractivity contribution in [3.63, 3.8) is 0 Å². The van der Waals surface area contributed by atoms with Gasteiger partial charge in [-0.1, -0.05) is 0 Å². The summed E-state index contributed by atoms with van der Waals surface area (Å²) < 4.78 is 26.5. The number of ether oxygens (including phenoxy) is 5. The fourth-order valence-corrected chi connectivity index (χ4v) is 2.98. The zero-order chi connectivity index (χ0) is 22.3. The van der Waals surface area contributed by atoms with Crippen LogP contribution in [0.4, 0.5) is 0 Å². The van der Waals surface area contributed by atoms with Gasteiger partial charge in [-0.3, -0.25) is 19.4 Å². The van der Waals surface area contributed by atoms with Crippen molar-refractivity contribution in [2.75, 3.05) is 13.7 Å². The highest BCUT2D eigenvalue weighted by molar-refractivity contribution is 5.80. The first-order valence-corrected chi connectivity index (χ1v) is 9.20. The molecule has 0 radical (unpaired) electrons. The van der Waals surface area contributed by atoms with Gasteiger partial charge in [0.2, 0.25) is 6.29 Å². The molecule has 30 heavy (non-hydrogen) atoms. The van der Waals surface area contributed by atoms with Crippen molar-refractivity contribution in [1.82, 2.24) is 0 Å². The van der Waals surface area contributed by atoms with Crippen LogP contribution in [-0.2, 0) is 33.3 Å². The summed E-state index contributed by atoms with van der Waals surface area (Å²) in [7, 11) is 1.54. The summed E-state index contributed by atoms with van der Waals surface area (Å²) in [4.78, 5) is 39.2. The van der Waals surface area contributed by atoms with Crippen LogP contribution in [0.1, 0.15) is 26.3 Å². The Hall–Kier alpha value is -2.98. The number of esters is 3. The normalized spacial score (nSPS) is 26.1. The van der Waals surface area contributed by atoms with E-state index >= 15 is 0 Å². The van der Waals surface area contributed by atoms with Crippen molar-refractivity contribution in [1.29, 1.82) is 0 Å². The van der Waals surface area contributed by atoms with Crippen LogP contribution in [0, 0.1) is 0 Å². The quantitative estimate of drug-likeness (QED) is 0.381. The van der Waals surface area contributed by atoms with E-state index in [1.807, 2.05) is 0 Å². The number of methoxy groups -OCH3 is 1. The van der Waals surface area contributed by atoms with Crippen molar-refractivity contribution >= 4 is 24.1 Å². The van der Waals surface area contributed by atoms with Gasteiger partial charge in [-0.15, -0.1) is 0 Å². The lowest BCUT2D eigenvalue weighted by atomic mass is 9.96. The molecular weight excluding hydrogens is 398 g/mol. The largest absolute Gasteiger partial charge is 0.497 e. The van der Waals surface area contributed by atoms with E-state index in [2.05, 4.69) is 4.99 Å². The predicted octanol–water partition coefficient (Wildman–Crippen LogP) is 0.626. The van der Waals surface area contributed by atoms with Gasteiger partial charge in [-0.05, 0) is 29.8 Å². The van der Waals surface area contributed by atoms with Gasteiger partial charge >= 0.3 is 17.9 Å². The van der Waals surface area contributed by atoms with Crippen LogP contribution >= 0.6 is 0 Å². The lowest BCUT2D eigenvalue weighted by Gasteiger charge is -2.42. The minimum atomic E-state index is -1.27. The fourth-order valence-electron chi connectivity index (χ4n) is 2.98. The number of hydrogen-bond acceptors (Lipinski definition) is 10. The Kier molecular flexibility index (Phi) is 8.31. The average molecular weight is 423 g/mol. The van der Waals surface area contributed by atoms with Crippen LogP contribution in [0.5, 0.6) is 5.75 Å². The smallest absolute Gasteiger partial charge is 0.305 e. The first-order chi connectivity index (χ1) is 14.2. The Labute approximate surface area is 173 Å². The van der Waals surface area contributed by atoms with Crippen LogP contribution in [0.2, 0.25) is 0 Å². The molecule has 0 unspecified atom stereocenters. The van der Waals surface area contributed by atoms with Gasteiger partial charge in [0.05, 0.1) is 13.7 Å². The Bertz CT molecular complexity index is 777. The summed E-state index contributed by atoms with van der Waals surface area (Å²) >= 11 is 0. The van der Waals surface area contributed by atoms with Gasteiger partial charge < -0.3 is 28.8 Å². The number of nitrogens with zero attached hydrogens (tertiary/aromatic N) is 1. The van der Waals surface area contributed by atoms with E-state index in [1.54, 1.807) is 31.4 Å². The van der Waals surface area contributed by atoms with Gasteiger partial charge in [0.25, 0.3) is 0 Å². The molecule has 1 N–H and O–H groups in total. The molecule has 1 saturated heterocycles. The standard InChI is InChI=1S/C20H25NO9/c1-11(23)27-18-16(10-22)30-20(29-13(3)25)17(19(18)28-12(2)24)21-9-14-5-7-15(26-4)8-6-14/h5-9,16-20,22H,10H2,1-4H3/t16-,17-,18-,19-,20-/m1/s1. The molecule has 10 nitrogen and oxygen atoms in total. The molecule has 164 valence electrons. The maximum atomic E-state index is 11.7. The topological polar surface area (TPSA) is 130 Å². The molecule has 1 aliphatic heterocycles. The van der Waals surface area contributed by atoms with E-state index in [0.29, 0.717) is 11.3 Å².